The number of carbonyl (C=O) groups is 1. The van der Waals surface area contributed by atoms with E-state index < -0.39 is 6.10 Å². The van der Waals surface area contributed by atoms with E-state index in [1.807, 2.05) is 19.9 Å². The zero-order valence-corrected chi connectivity index (χ0v) is 12.7. The molecule has 114 valence electrons. The maximum Gasteiger partial charge on any atom is 0.251 e. The van der Waals surface area contributed by atoms with E-state index in [-0.39, 0.29) is 18.4 Å². The van der Waals surface area contributed by atoms with E-state index in [0.29, 0.717) is 11.1 Å². The monoisotopic (exact) mass is 290 g/mol. The number of aromatic nitrogens is 3. The first-order valence-electron chi connectivity index (χ1n) is 7.32. The quantitative estimate of drug-likeness (QED) is 0.845. The van der Waals surface area contributed by atoms with Crippen LogP contribution in [0.25, 0.3) is 11.0 Å². The molecule has 1 aromatic carbocycles. The molecule has 1 atom stereocenters. The predicted octanol–water partition coefficient (Wildman–Crippen LogP) is 1.50. The average Bonchev–Trinajstić information content (AvgIpc) is 2.87. The minimum absolute atomic E-state index is 0.201. The largest absolute Gasteiger partial charge is 0.391 e. The second-order valence-corrected chi connectivity index (χ2v) is 5.27. The van der Waals surface area contributed by atoms with Gasteiger partial charge < -0.3 is 10.4 Å². The topological polar surface area (TPSA) is 80.0 Å². The van der Waals surface area contributed by atoms with Gasteiger partial charge in [-0.3, -0.25) is 4.79 Å². The summed E-state index contributed by atoms with van der Waals surface area (Å²) in [5.74, 6) is 0.0142. The zero-order valence-electron chi connectivity index (χ0n) is 12.7. The van der Waals surface area contributed by atoms with E-state index in [0.717, 1.165) is 18.4 Å². The number of amides is 1. The molecule has 0 spiro atoms. The van der Waals surface area contributed by atoms with Gasteiger partial charge in [0.05, 0.1) is 11.6 Å². The van der Waals surface area contributed by atoms with Gasteiger partial charge in [-0.05, 0) is 24.1 Å². The van der Waals surface area contributed by atoms with Crippen molar-refractivity contribution in [3.63, 3.8) is 0 Å². The van der Waals surface area contributed by atoms with Crippen LogP contribution in [0.15, 0.2) is 18.2 Å². The van der Waals surface area contributed by atoms with Crippen molar-refractivity contribution in [3.8, 4) is 0 Å². The number of nitrogens with zero attached hydrogens (tertiary/aromatic N) is 3. The molecule has 1 aromatic heterocycles. The lowest BCUT2D eigenvalue weighted by Crippen LogP contribution is -2.36. The summed E-state index contributed by atoms with van der Waals surface area (Å²) >= 11 is 0. The van der Waals surface area contributed by atoms with Crippen LogP contribution in [0, 0.1) is 5.92 Å². The minimum Gasteiger partial charge on any atom is -0.391 e. The van der Waals surface area contributed by atoms with Gasteiger partial charge in [0, 0.05) is 19.2 Å². The molecule has 1 unspecified atom stereocenters. The molecule has 2 aromatic rings. The summed E-state index contributed by atoms with van der Waals surface area (Å²) in [7, 11) is 1.81. The molecule has 0 bridgehead atoms. The number of rotatable bonds is 6. The van der Waals surface area contributed by atoms with Crippen LogP contribution in [0.5, 0.6) is 0 Å². The fourth-order valence-electron chi connectivity index (χ4n) is 2.48. The highest BCUT2D eigenvalue weighted by molar-refractivity contribution is 5.97. The smallest absolute Gasteiger partial charge is 0.251 e. The normalized spacial score (nSPS) is 12.8. The van der Waals surface area contributed by atoms with Gasteiger partial charge in [-0.15, -0.1) is 5.10 Å². The van der Waals surface area contributed by atoms with Crippen molar-refractivity contribution < 1.29 is 9.90 Å². The van der Waals surface area contributed by atoms with E-state index in [1.165, 1.54) is 0 Å². The fraction of sp³-hybridized carbons (Fsp3) is 0.533. The molecule has 21 heavy (non-hydrogen) atoms. The van der Waals surface area contributed by atoms with Gasteiger partial charge >= 0.3 is 0 Å². The van der Waals surface area contributed by atoms with Gasteiger partial charge in [0.25, 0.3) is 5.91 Å². The summed E-state index contributed by atoms with van der Waals surface area (Å²) < 4.78 is 1.66. The third kappa shape index (κ3) is 3.39. The van der Waals surface area contributed by atoms with Crippen LogP contribution in [-0.4, -0.2) is 38.7 Å². The third-order valence-electron chi connectivity index (χ3n) is 3.94. The second kappa shape index (κ2) is 6.67. The number of hydrogen-bond donors (Lipinski definition) is 2. The Morgan fingerprint density at radius 2 is 2.10 bits per heavy atom. The SMILES string of the molecule is CCC(CC)C(O)CNC(=O)c1ccc2c(c1)nnn2C. The highest BCUT2D eigenvalue weighted by Gasteiger charge is 2.17. The molecule has 6 heteroatoms. The Labute approximate surface area is 124 Å². The summed E-state index contributed by atoms with van der Waals surface area (Å²) in [5.41, 5.74) is 2.09. The lowest BCUT2D eigenvalue weighted by Gasteiger charge is -2.20. The van der Waals surface area contributed by atoms with Crippen LogP contribution < -0.4 is 5.32 Å². The van der Waals surface area contributed by atoms with Gasteiger partial charge in [0.15, 0.2) is 0 Å². The Bertz CT molecular complexity index is 619. The number of fused-ring (bicyclic) bond motifs is 1. The van der Waals surface area contributed by atoms with Crippen LogP contribution in [0.1, 0.15) is 37.0 Å². The first kappa shape index (κ1) is 15.4. The van der Waals surface area contributed by atoms with E-state index in [9.17, 15) is 9.90 Å². The molecular weight excluding hydrogens is 268 g/mol. The van der Waals surface area contributed by atoms with Gasteiger partial charge in [0.1, 0.15) is 5.52 Å². The van der Waals surface area contributed by atoms with Crippen LogP contribution in [0.4, 0.5) is 0 Å². The van der Waals surface area contributed by atoms with Crippen molar-refractivity contribution in [1.82, 2.24) is 20.3 Å². The van der Waals surface area contributed by atoms with Gasteiger partial charge in [-0.2, -0.15) is 0 Å². The fourth-order valence-corrected chi connectivity index (χ4v) is 2.48. The molecule has 2 N–H and O–H groups in total. The standard InChI is InChI=1S/C15H22N4O2/c1-4-10(5-2)14(20)9-16-15(21)11-6-7-13-12(8-11)17-18-19(13)3/h6-8,10,14,20H,4-5,9H2,1-3H3,(H,16,21). The van der Waals surface area contributed by atoms with Crippen LogP contribution in [0.3, 0.4) is 0 Å². The van der Waals surface area contributed by atoms with Crippen LogP contribution in [0.2, 0.25) is 0 Å². The molecule has 1 heterocycles. The number of aryl methyl sites for hydroxylation is 1. The lowest BCUT2D eigenvalue weighted by molar-refractivity contribution is 0.0817. The number of hydrogen-bond acceptors (Lipinski definition) is 4. The van der Waals surface area contributed by atoms with E-state index >= 15 is 0 Å². The van der Waals surface area contributed by atoms with Crippen molar-refractivity contribution in [2.75, 3.05) is 6.54 Å². The van der Waals surface area contributed by atoms with E-state index in [1.54, 1.807) is 23.9 Å². The van der Waals surface area contributed by atoms with E-state index in [2.05, 4.69) is 15.6 Å². The molecule has 0 aliphatic heterocycles. The molecule has 0 saturated carbocycles. The highest BCUT2D eigenvalue weighted by atomic mass is 16.3. The van der Waals surface area contributed by atoms with Gasteiger partial charge in [-0.25, -0.2) is 4.68 Å². The Kier molecular flexibility index (Phi) is 4.90. The Morgan fingerprint density at radius 3 is 2.76 bits per heavy atom. The molecule has 0 aliphatic carbocycles. The van der Waals surface area contributed by atoms with Crippen molar-refractivity contribution in [2.45, 2.75) is 32.8 Å². The van der Waals surface area contributed by atoms with Gasteiger partial charge in [-0.1, -0.05) is 31.9 Å². The molecule has 0 saturated heterocycles. The molecule has 0 radical (unpaired) electrons. The van der Waals surface area contributed by atoms with Crippen molar-refractivity contribution in [2.24, 2.45) is 13.0 Å². The Hall–Kier alpha value is -1.95. The molecule has 2 rings (SSSR count). The first-order chi connectivity index (χ1) is 10.1. The maximum absolute atomic E-state index is 12.1. The summed E-state index contributed by atoms with van der Waals surface area (Å²) in [5, 5.41) is 20.7. The minimum atomic E-state index is -0.510. The number of carbonyl (C=O) groups excluding carboxylic acids is 1. The number of aliphatic hydroxyl groups is 1. The molecular formula is C15H22N4O2. The van der Waals surface area contributed by atoms with Crippen molar-refractivity contribution in [3.05, 3.63) is 23.8 Å². The number of nitrogens with one attached hydrogen (secondary N) is 1. The van der Waals surface area contributed by atoms with Gasteiger partial charge in [0.2, 0.25) is 0 Å². The predicted molar refractivity (Wildman–Crippen MR) is 80.9 cm³/mol. The summed E-state index contributed by atoms with van der Waals surface area (Å²) in [6.45, 7) is 4.35. The lowest BCUT2D eigenvalue weighted by atomic mass is 9.96. The van der Waals surface area contributed by atoms with Crippen LogP contribution >= 0.6 is 0 Å². The summed E-state index contributed by atoms with van der Waals surface area (Å²) in [6, 6.07) is 5.27. The van der Waals surface area contributed by atoms with Crippen LogP contribution in [-0.2, 0) is 7.05 Å². The molecule has 0 aliphatic rings. The summed E-state index contributed by atoms with van der Waals surface area (Å²) in [4.78, 5) is 12.1. The Morgan fingerprint density at radius 1 is 1.38 bits per heavy atom. The second-order valence-electron chi connectivity index (χ2n) is 5.27. The highest BCUT2D eigenvalue weighted by Crippen LogP contribution is 2.14. The molecule has 1 amide bonds. The van der Waals surface area contributed by atoms with Crippen molar-refractivity contribution >= 4 is 16.9 Å². The van der Waals surface area contributed by atoms with Crippen molar-refractivity contribution in [1.29, 1.82) is 0 Å². The molecule has 0 fully saturated rings. The summed E-state index contributed by atoms with van der Waals surface area (Å²) in [6.07, 6.45) is 1.29. The maximum atomic E-state index is 12.1. The Balaban J connectivity index is 2.02. The average molecular weight is 290 g/mol. The molecule has 6 nitrogen and oxygen atoms in total. The number of benzene rings is 1. The first-order valence-corrected chi connectivity index (χ1v) is 7.32. The van der Waals surface area contributed by atoms with E-state index in [4.69, 9.17) is 0 Å². The number of aliphatic hydroxyl groups excluding tert-OH is 1. The zero-order chi connectivity index (χ0) is 15.4. The third-order valence-corrected chi connectivity index (χ3v) is 3.94.